The van der Waals surface area contributed by atoms with Crippen molar-refractivity contribution in [3.05, 3.63) is 59.4 Å². The van der Waals surface area contributed by atoms with E-state index in [9.17, 15) is 0 Å². The maximum Gasteiger partial charge on any atom is 0.183 e. The number of ether oxygens (including phenoxy) is 2. The quantitative estimate of drug-likeness (QED) is 0.603. The van der Waals surface area contributed by atoms with Gasteiger partial charge in [-0.25, -0.2) is 4.98 Å². The van der Waals surface area contributed by atoms with E-state index in [2.05, 4.69) is 11.1 Å². The molecule has 2 rings (SSSR count). The van der Waals surface area contributed by atoms with Crippen molar-refractivity contribution in [3.8, 4) is 6.07 Å². The molecule has 1 heterocycles. The third-order valence-electron chi connectivity index (χ3n) is 2.92. The summed E-state index contributed by atoms with van der Waals surface area (Å²) in [4.78, 5) is 5.12. The second kappa shape index (κ2) is 7.79. The van der Waals surface area contributed by atoms with Gasteiger partial charge < -0.3 is 9.47 Å². The van der Waals surface area contributed by atoms with Gasteiger partial charge in [-0.05, 0) is 29.8 Å². The van der Waals surface area contributed by atoms with Crippen LogP contribution >= 0.6 is 11.8 Å². The van der Waals surface area contributed by atoms with Crippen molar-refractivity contribution in [2.24, 2.45) is 0 Å². The Labute approximate surface area is 128 Å². The van der Waals surface area contributed by atoms with Crippen molar-refractivity contribution < 1.29 is 9.47 Å². The van der Waals surface area contributed by atoms with Crippen LogP contribution in [0, 0.1) is 11.3 Å². The first kappa shape index (κ1) is 15.5. The van der Waals surface area contributed by atoms with Crippen molar-refractivity contribution >= 4 is 11.8 Å². The van der Waals surface area contributed by atoms with E-state index in [-0.39, 0.29) is 6.29 Å². The standard InChI is InChI=1S/C16H16N2O2S/c1-19-16(20-2)13-3-5-15(6-4-13)21-11-12-7-8-18-14(9-12)10-17/h3-9,16H,11H2,1-2H3. The average Bonchev–Trinajstić information content (AvgIpc) is 2.55. The van der Waals surface area contributed by atoms with Gasteiger partial charge in [0.2, 0.25) is 0 Å². The molecule has 0 saturated carbocycles. The van der Waals surface area contributed by atoms with Gasteiger partial charge in [-0.2, -0.15) is 5.26 Å². The molecule has 0 bridgehead atoms. The number of pyridine rings is 1. The van der Waals surface area contributed by atoms with E-state index in [1.807, 2.05) is 36.4 Å². The summed E-state index contributed by atoms with van der Waals surface area (Å²) in [6.45, 7) is 0. The molecule has 0 aliphatic heterocycles. The van der Waals surface area contributed by atoms with Crippen LogP contribution in [0.1, 0.15) is 23.1 Å². The van der Waals surface area contributed by atoms with E-state index >= 15 is 0 Å². The molecule has 0 spiro atoms. The van der Waals surface area contributed by atoms with Crippen LogP contribution in [0.2, 0.25) is 0 Å². The molecule has 0 aliphatic rings. The number of aromatic nitrogens is 1. The molecule has 1 aromatic carbocycles. The molecular formula is C16H16N2O2S. The molecule has 108 valence electrons. The topological polar surface area (TPSA) is 55.1 Å². The van der Waals surface area contributed by atoms with Gasteiger partial charge >= 0.3 is 0 Å². The van der Waals surface area contributed by atoms with Crippen LogP contribution in [0.25, 0.3) is 0 Å². The minimum atomic E-state index is -0.331. The van der Waals surface area contributed by atoms with Gasteiger partial charge in [-0.1, -0.05) is 12.1 Å². The van der Waals surface area contributed by atoms with Crippen LogP contribution in [-0.4, -0.2) is 19.2 Å². The molecule has 2 aromatic rings. The molecular weight excluding hydrogens is 284 g/mol. The number of benzene rings is 1. The highest BCUT2D eigenvalue weighted by Gasteiger charge is 2.08. The minimum Gasteiger partial charge on any atom is -0.352 e. The second-order valence-electron chi connectivity index (χ2n) is 4.32. The fraction of sp³-hybridized carbons (Fsp3) is 0.250. The van der Waals surface area contributed by atoms with E-state index < -0.39 is 0 Å². The average molecular weight is 300 g/mol. The van der Waals surface area contributed by atoms with Crippen molar-refractivity contribution in [2.75, 3.05) is 14.2 Å². The lowest BCUT2D eigenvalue weighted by molar-refractivity contribution is -0.106. The van der Waals surface area contributed by atoms with Crippen LogP contribution in [0.5, 0.6) is 0 Å². The fourth-order valence-electron chi connectivity index (χ4n) is 1.88. The third-order valence-corrected chi connectivity index (χ3v) is 4.01. The first-order valence-electron chi connectivity index (χ1n) is 6.40. The maximum absolute atomic E-state index is 8.83. The predicted molar refractivity (Wildman–Crippen MR) is 81.7 cm³/mol. The van der Waals surface area contributed by atoms with E-state index in [1.54, 1.807) is 32.2 Å². The Hall–Kier alpha value is -1.87. The van der Waals surface area contributed by atoms with Crippen LogP contribution in [0.15, 0.2) is 47.5 Å². The summed E-state index contributed by atoms with van der Waals surface area (Å²) in [5, 5.41) is 8.83. The lowest BCUT2D eigenvalue weighted by Gasteiger charge is -2.13. The van der Waals surface area contributed by atoms with E-state index in [0.29, 0.717) is 5.69 Å². The number of hydrogen-bond acceptors (Lipinski definition) is 5. The Bertz CT molecular complexity index is 619. The smallest absolute Gasteiger partial charge is 0.183 e. The summed E-state index contributed by atoms with van der Waals surface area (Å²) in [6.07, 6.45) is 1.33. The maximum atomic E-state index is 8.83. The third kappa shape index (κ3) is 4.30. The number of nitrogens with zero attached hydrogens (tertiary/aromatic N) is 2. The lowest BCUT2D eigenvalue weighted by Crippen LogP contribution is -2.02. The molecule has 0 saturated heterocycles. The summed E-state index contributed by atoms with van der Waals surface area (Å²) in [7, 11) is 3.24. The van der Waals surface area contributed by atoms with Crippen molar-refractivity contribution in [2.45, 2.75) is 16.9 Å². The molecule has 0 unspecified atom stereocenters. The number of rotatable bonds is 6. The van der Waals surface area contributed by atoms with Crippen LogP contribution in [0.4, 0.5) is 0 Å². The van der Waals surface area contributed by atoms with E-state index in [4.69, 9.17) is 14.7 Å². The molecule has 0 atom stereocenters. The Kier molecular flexibility index (Phi) is 5.76. The molecule has 4 nitrogen and oxygen atoms in total. The summed E-state index contributed by atoms with van der Waals surface area (Å²) in [5.41, 5.74) is 2.52. The molecule has 5 heteroatoms. The molecule has 0 amide bonds. The molecule has 1 aromatic heterocycles. The number of thioether (sulfide) groups is 1. The Morgan fingerprint density at radius 2 is 1.90 bits per heavy atom. The molecule has 0 fully saturated rings. The minimum absolute atomic E-state index is 0.331. The second-order valence-corrected chi connectivity index (χ2v) is 5.37. The van der Waals surface area contributed by atoms with Gasteiger partial charge in [0.15, 0.2) is 6.29 Å². The van der Waals surface area contributed by atoms with E-state index in [0.717, 1.165) is 21.8 Å². The first-order valence-corrected chi connectivity index (χ1v) is 7.38. The Morgan fingerprint density at radius 3 is 2.52 bits per heavy atom. The van der Waals surface area contributed by atoms with Gasteiger partial charge in [0.1, 0.15) is 11.8 Å². The zero-order valence-corrected chi connectivity index (χ0v) is 12.8. The number of methoxy groups -OCH3 is 2. The molecule has 0 aliphatic carbocycles. The number of nitriles is 1. The zero-order valence-electron chi connectivity index (χ0n) is 11.9. The monoisotopic (exact) mass is 300 g/mol. The van der Waals surface area contributed by atoms with Crippen LogP contribution < -0.4 is 0 Å². The highest BCUT2D eigenvalue weighted by molar-refractivity contribution is 7.98. The summed E-state index contributed by atoms with van der Waals surface area (Å²) in [6, 6.07) is 13.9. The van der Waals surface area contributed by atoms with Gasteiger partial charge in [0.05, 0.1) is 0 Å². The SMILES string of the molecule is COC(OC)c1ccc(SCc2ccnc(C#N)c2)cc1. The predicted octanol–water partition coefficient (Wildman–Crippen LogP) is 3.54. The zero-order chi connectivity index (χ0) is 15.1. The molecule has 0 radical (unpaired) electrons. The van der Waals surface area contributed by atoms with Crippen LogP contribution in [-0.2, 0) is 15.2 Å². The van der Waals surface area contributed by atoms with Crippen molar-refractivity contribution in [1.29, 1.82) is 5.26 Å². The summed E-state index contributed by atoms with van der Waals surface area (Å²) < 4.78 is 10.4. The van der Waals surface area contributed by atoms with Gasteiger partial charge in [0.25, 0.3) is 0 Å². The Morgan fingerprint density at radius 1 is 1.19 bits per heavy atom. The molecule has 21 heavy (non-hydrogen) atoms. The highest BCUT2D eigenvalue weighted by atomic mass is 32.2. The van der Waals surface area contributed by atoms with Gasteiger partial charge in [-0.15, -0.1) is 11.8 Å². The van der Waals surface area contributed by atoms with Crippen molar-refractivity contribution in [1.82, 2.24) is 4.98 Å². The molecule has 0 N–H and O–H groups in total. The number of hydrogen-bond donors (Lipinski definition) is 0. The fourth-order valence-corrected chi connectivity index (χ4v) is 2.72. The normalized spacial score (nSPS) is 10.6. The van der Waals surface area contributed by atoms with Crippen molar-refractivity contribution in [3.63, 3.8) is 0 Å². The highest BCUT2D eigenvalue weighted by Crippen LogP contribution is 2.25. The largest absolute Gasteiger partial charge is 0.352 e. The van der Waals surface area contributed by atoms with Gasteiger partial charge in [0, 0.05) is 36.6 Å². The summed E-state index contributed by atoms with van der Waals surface area (Å²) >= 11 is 1.71. The van der Waals surface area contributed by atoms with E-state index in [1.165, 1.54) is 0 Å². The summed E-state index contributed by atoms with van der Waals surface area (Å²) in [5.74, 6) is 0.800. The lowest BCUT2D eigenvalue weighted by atomic mass is 10.2. The van der Waals surface area contributed by atoms with Gasteiger partial charge in [-0.3, -0.25) is 0 Å². The Balaban J connectivity index is 1.99. The van der Waals surface area contributed by atoms with Crippen LogP contribution in [0.3, 0.4) is 0 Å². The first-order chi connectivity index (χ1) is 10.3.